The minimum atomic E-state index is -0.762. The van der Waals surface area contributed by atoms with Crippen LogP contribution in [0, 0.1) is 11.8 Å². The van der Waals surface area contributed by atoms with Crippen LogP contribution in [-0.2, 0) is 28.6 Å². The van der Waals surface area contributed by atoms with Crippen LogP contribution in [0.25, 0.3) is 0 Å². The van der Waals surface area contributed by atoms with Crippen molar-refractivity contribution < 1.29 is 28.6 Å². The summed E-state index contributed by atoms with van der Waals surface area (Å²) in [5.41, 5.74) is 0. The van der Waals surface area contributed by atoms with Crippen molar-refractivity contribution in [1.82, 2.24) is 0 Å². The number of hydrogen-bond donors (Lipinski definition) is 0. The maximum absolute atomic E-state index is 12.8. The molecule has 0 aromatic rings. The van der Waals surface area contributed by atoms with Gasteiger partial charge in [-0.05, 0) is 31.1 Å². The van der Waals surface area contributed by atoms with Gasteiger partial charge in [0.15, 0.2) is 6.10 Å². The van der Waals surface area contributed by atoms with E-state index in [-0.39, 0.29) is 31.1 Å². The molecular formula is C56H108O6. The second-order valence-electron chi connectivity index (χ2n) is 20.2. The Bertz CT molecular complexity index is 947. The fourth-order valence-electron chi connectivity index (χ4n) is 8.52. The summed E-state index contributed by atoms with van der Waals surface area (Å²) >= 11 is 0. The van der Waals surface area contributed by atoms with Gasteiger partial charge in [0.1, 0.15) is 13.2 Å². The summed E-state index contributed by atoms with van der Waals surface area (Å²) in [6.07, 6.45) is 50.9. The van der Waals surface area contributed by atoms with E-state index in [9.17, 15) is 14.4 Å². The van der Waals surface area contributed by atoms with Crippen molar-refractivity contribution >= 4 is 17.9 Å². The average Bonchev–Trinajstić information content (AvgIpc) is 3.24. The molecule has 368 valence electrons. The van der Waals surface area contributed by atoms with Crippen molar-refractivity contribution in [2.45, 2.75) is 317 Å². The van der Waals surface area contributed by atoms with Crippen LogP contribution in [0.3, 0.4) is 0 Å². The Morgan fingerprint density at radius 2 is 0.532 bits per heavy atom. The van der Waals surface area contributed by atoms with Crippen molar-refractivity contribution in [1.29, 1.82) is 0 Å². The highest BCUT2D eigenvalue weighted by Gasteiger charge is 2.19. The summed E-state index contributed by atoms with van der Waals surface area (Å²) in [5.74, 6) is 0.827. The van der Waals surface area contributed by atoms with Crippen LogP contribution in [0.4, 0.5) is 0 Å². The molecule has 0 aliphatic carbocycles. The van der Waals surface area contributed by atoms with Crippen molar-refractivity contribution in [3.8, 4) is 0 Å². The molecule has 0 heterocycles. The molecule has 0 spiro atoms. The van der Waals surface area contributed by atoms with Crippen LogP contribution in [-0.4, -0.2) is 37.2 Å². The Morgan fingerprint density at radius 1 is 0.306 bits per heavy atom. The summed E-state index contributed by atoms with van der Waals surface area (Å²) in [5, 5.41) is 0. The SMILES string of the molecule is CCCCCCCCCCCCCCC(=O)OC[C@H](COC(=O)CCCCCCCCCCCCC(C)C)OC(=O)CCCCCCCCCCCCCCCCCCC(C)C. The molecule has 0 aliphatic rings. The smallest absolute Gasteiger partial charge is 0.306 e. The van der Waals surface area contributed by atoms with Gasteiger partial charge in [0.25, 0.3) is 0 Å². The van der Waals surface area contributed by atoms with Crippen LogP contribution >= 0.6 is 0 Å². The summed E-state index contributed by atoms with van der Waals surface area (Å²) in [7, 11) is 0. The zero-order valence-corrected chi connectivity index (χ0v) is 42.5. The fourth-order valence-corrected chi connectivity index (χ4v) is 8.52. The van der Waals surface area contributed by atoms with E-state index < -0.39 is 6.10 Å². The summed E-state index contributed by atoms with van der Waals surface area (Å²) in [4.78, 5) is 38.0. The van der Waals surface area contributed by atoms with E-state index in [1.165, 1.54) is 199 Å². The van der Waals surface area contributed by atoms with E-state index in [1.807, 2.05) is 0 Å². The van der Waals surface area contributed by atoms with Crippen molar-refractivity contribution in [2.24, 2.45) is 11.8 Å². The molecule has 6 nitrogen and oxygen atoms in total. The molecule has 0 aliphatic heterocycles. The molecule has 1 atom stereocenters. The van der Waals surface area contributed by atoms with E-state index in [0.717, 1.165) is 69.6 Å². The van der Waals surface area contributed by atoms with Gasteiger partial charge in [-0.1, -0.05) is 272 Å². The zero-order valence-electron chi connectivity index (χ0n) is 42.5. The first-order valence-corrected chi connectivity index (χ1v) is 27.7. The number of hydrogen-bond acceptors (Lipinski definition) is 6. The quantitative estimate of drug-likeness (QED) is 0.0344. The lowest BCUT2D eigenvalue weighted by atomic mass is 10.0. The van der Waals surface area contributed by atoms with Gasteiger partial charge in [0.2, 0.25) is 0 Å². The lowest BCUT2D eigenvalue weighted by Gasteiger charge is -2.18. The largest absolute Gasteiger partial charge is 0.462 e. The molecule has 0 saturated heterocycles. The van der Waals surface area contributed by atoms with Gasteiger partial charge < -0.3 is 14.2 Å². The van der Waals surface area contributed by atoms with Gasteiger partial charge in [-0.2, -0.15) is 0 Å². The van der Waals surface area contributed by atoms with Gasteiger partial charge in [0, 0.05) is 19.3 Å². The third-order valence-electron chi connectivity index (χ3n) is 12.7. The number of rotatable bonds is 50. The third-order valence-corrected chi connectivity index (χ3v) is 12.7. The molecule has 62 heavy (non-hydrogen) atoms. The molecule has 6 heteroatoms. The monoisotopic (exact) mass is 877 g/mol. The second-order valence-corrected chi connectivity index (χ2v) is 20.2. The number of esters is 3. The van der Waals surface area contributed by atoms with Gasteiger partial charge in [-0.3, -0.25) is 14.4 Å². The second kappa shape index (κ2) is 48.9. The van der Waals surface area contributed by atoms with Gasteiger partial charge in [0.05, 0.1) is 0 Å². The van der Waals surface area contributed by atoms with E-state index in [1.54, 1.807) is 0 Å². The lowest BCUT2D eigenvalue weighted by Crippen LogP contribution is -2.30. The number of carbonyl (C=O) groups excluding carboxylic acids is 3. The molecule has 0 unspecified atom stereocenters. The van der Waals surface area contributed by atoms with Crippen molar-refractivity contribution in [2.75, 3.05) is 13.2 Å². The summed E-state index contributed by atoms with van der Waals surface area (Å²) in [6.45, 7) is 11.4. The predicted octanol–water partition coefficient (Wildman–Crippen LogP) is 18.1. The van der Waals surface area contributed by atoms with Gasteiger partial charge in [-0.15, -0.1) is 0 Å². The third kappa shape index (κ3) is 49.4. The minimum absolute atomic E-state index is 0.0631. The molecule has 0 radical (unpaired) electrons. The Hall–Kier alpha value is -1.59. The molecule has 0 N–H and O–H groups in total. The van der Waals surface area contributed by atoms with Crippen LogP contribution in [0.15, 0.2) is 0 Å². The Kier molecular flexibility index (Phi) is 47.6. The fraction of sp³-hybridized carbons (Fsp3) is 0.946. The zero-order chi connectivity index (χ0) is 45.4. The molecular weight excluding hydrogens is 769 g/mol. The van der Waals surface area contributed by atoms with Crippen molar-refractivity contribution in [3.05, 3.63) is 0 Å². The molecule has 0 bridgehead atoms. The molecule has 0 aromatic heterocycles. The highest BCUT2D eigenvalue weighted by atomic mass is 16.6. The summed E-state index contributed by atoms with van der Waals surface area (Å²) < 4.78 is 16.8. The average molecular weight is 877 g/mol. The van der Waals surface area contributed by atoms with Crippen LogP contribution in [0.5, 0.6) is 0 Å². The molecule has 0 aromatic carbocycles. The van der Waals surface area contributed by atoms with Crippen LogP contribution in [0.2, 0.25) is 0 Å². The molecule has 0 saturated carbocycles. The topological polar surface area (TPSA) is 78.9 Å². The molecule has 0 rings (SSSR count). The van der Waals surface area contributed by atoms with E-state index >= 15 is 0 Å². The van der Waals surface area contributed by atoms with Crippen LogP contribution < -0.4 is 0 Å². The Labute approximate surface area is 387 Å². The van der Waals surface area contributed by atoms with Crippen LogP contribution in [0.1, 0.15) is 311 Å². The van der Waals surface area contributed by atoms with Gasteiger partial charge >= 0.3 is 17.9 Å². The van der Waals surface area contributed by atoms with E-state index in [0.29, 0.717) is 19.3 Å². The molecule has 0 amide bonds. The van der Waals surface area contributed by atoms with Gasteiger partial charge in [-0.25, -0.2) is 0 Å². The van der Waals surface area contributed by atoms with E-state index in [4.69, 9.17) is 14.2 Å². The normalized spacial score (nSPS) is 12.0. The number of carbonyl (C=O) groups is 3. The molecule has 0 fully saturated rings. The lowest BCUT2D eigenvalue weighted by molar-refractivity contribution is -0.167. The minimum Gasteiger partial charge on any atom is -0.462 e. The predicted molar refractivity (Wildman–Crippen MR) is 266 cm³/mol. The number of ether oxygens (including phenoxy) is 3. The number of unbranched alkanes of at least 4 members (excludes halogenated alkanes) is 35. The first-order chi connectivity index (χ1) is 30.2. The Morgan fingerprint density at radius 3 is 0.790 bits per heavy atom. The maximum atomic E-state index is 12.8. The first-order valence-electron chi connectivity index (χ1n) is 27.7. The standard InChI is InChI=1S/C56H108O6/c1-6-7-8-9-10-11-12-20-26-31-36-41-46-54(57)60-49-53(50-61-55(58)47-42-37-32-27-23-22-25-30-35-40-45-52(4)5)62-56(59)48-43-38-33-28-21-18-16-14-13-15-17-19-24-29-34-39-44-51(2)3/h51-53H,6-50H2,1-5H3/t53-/m1/s1. The highest BCUT2D eigenvalue weighted by molar-refractivity contribution is 5.71. The Balaban J connectivity index is 4.27. The first kappa shape index (κ1) is 60.4. The summed E-state index contributed by atoms with van der Waals surface area (Å²) in [6, 6.07) is 0. The maximum Gasteiger partial charge on any atom is 0.306 e. The highest BCUT2D eigenvalue weighted by Crippen LogP contribution is 2.18. The van der Waals surface area contributed by atoms with Crippen molar-refractivity contribution in [3.63, 3.8) is 0 Å². The van der Waals surface area contributed by atoms with E-state index in [2.05, 4.69) is 34.6 Å².